The van der Waals surface area contributed by atoms with Crippen molar-refractivity contribution in [3.63, 3.8) is 0 Å². The van der Waals surface area contributed by atoms with Gasteiger partial charge in [0.25, 0.3) is 0 Å². The van der Waals surface area contributed by atoms with Crippen molar-refractivity contribution in [2.24, 2.45) is 5.41 Å². The zero-order chi connectivity index (χ0) is 14.7. The van der Waals surface area contributed by atoms with E-state index in [4.69, 9.17) is 9.47 Å². The molecule has 3 heteroatoms. The molecule has 0 saturated carbocycles. The molecule has 1 rings (SSSR count). The second kappa shape index (κ2) is 5.83. The quantitative estimate of drug-likeness (QED) is 0.882. The van der Waals surface area contributed by atoms with Gasteiger partial charge in [-0.05, 0) is 43.9 Å². The molecule has 0 fully saturated rings. The molecule has 0 bridgehead atoms. The third kappa shape index (κ3) is 3.41. The van der Waals surface area contributed by atoms with E-state index in [-0.39, 0.29) is 5.41 Å². The Balaban J connectivity index is 3.21. The first kappa shape index (κ1) is 15.8. The lowest BCUT2D eigenvalue weighted by Gasteiger charge is -2.37. The molecule has 1 aromatic rings. The monoisotopic (exact) mass is 266 g/mol. The van der Waals surface area contributed by atoms with Crippen LogP contribution in [0.15, 0.2) is 18.2 Å². The number of benzene rings is 1. The van der Waals surface area contributed by atoms with Gasteiger partial charge in [0.1, 0.15) is 0 Å². The fourth-order valence-corrected chi connectivity index (χ4v) is 1.79. The van der Waals surface area contributed by atoms with Crippen LogP contribution in [0.3, 0.4) is 0 Å². The van der Waals surface area contributed by atoms with Crippen LogP contribution in [0.4, 0.5) is 0 Å². The number of rotatable bonds is 5. The molecular formula is C16H26O3. The second-order valence-electron chi connectivity index (χ2n) is 5.85. The third-order valence-electron chi connectivity index (χ3n) is 3.57. The highest BCUT2D eigenvalue weighted by molar-refractivity contribution is 5.45. The van der Waals surface area contributed by atoms with Gasteiger partial charge in [0.2, 0.25) is 0 Å². The molecule has 1 N–H and O–H groups in total. The molecule has 0 heterocycles. The summed E-state index contributed by atoms with van der Waals surface area (Å²) in [4.78, 5) is 0. The maximum Gasteiger partial charge on any atom is 0.161 e. The Morgan fingerprint density at radius 1 is 0.947 bits per heavy atom. The van der Waals surface area contributed by atoms with Gasteiger partial charge in [-0.1, -0.05) is 26.8 Å². The summed E-state index contributed by atoms with van der Waals surface area (Å²) >= 11 is 0. The first-order chi connectivity index (χ1) is 8.74. The lowest BCUT2D eigenvalue weighted by atomic mass is 9.73. The van der Waals surface area contributed by atoms with E-state index in [1.807, 2.05) is 59.7 Å². The number of ether oxygens (including phenoxy) is 2. The van der Waals surface area contributed by atoms with Crippen molar-refractivity contribution in [3.05, 3.63) is 23.8 Å². The molecule has 19 heavy (non-hydrogen) atoms. The van der Waals surface area contributed by atoms with Crippen LogP contribution >= 0.6 is 0 Å². The van der Waals surface area contributed by atoms with Crippen molar-refractivity contribution in [1.29, 1.82) is 0 Å². The molecule has 0 spiro atoms. The molecule has 3 nitrogen and oxygen atoms in total. The Morgan fingerprint density at radius 3 is 1.95 bits per heavy atom. The van der Waals surface area contributed by atoms with Gasteiger partial charge in [-0.3, -0.25) is 0 Å². The Hall–Kier alpha value is -1.22. The fourth-order valence-electron chi connectivity index (χ4n) is 1.79. The van der Waals surface area contributed by atoms with E-state index >= 15 is 0 Å². The van der Waals surface area contributed by atoms with Crippen molar-refractivity contribution in [1.82, 2.24) is 0 Å². The molecule has 0 amide bonds. The maximum atomic E-state index is 10.7. The topological polar surface area (TPSA) is 38.7 Å². The molecule has 0 aliphatic rings. The minimum Gasteiger partial charge on any atom is -0.490 e. The average Bonchev–Trinajstić information content (AvgIpc) is 2.30. The van der Waals surface area contributed by atoms with Crippen LogP contribution in [0.1, 0.15) is 47.1 Å². The zero-order valence-electron chi connectivity index (χ0n) is 12.9. The zero-order valence-corrected chi connectivity index (χ0v) is 12.9. The summed E-state index contributed by atoms with van der Waals surface area (Å²) in [5, 5.41) is 10.7. The van der Waals surface area contributed by atoms with Crippen LogP contribution in [0.25, 0.3) is 0 Å². The molecular weight excluding hydrogens is 240 g/mol. The molecule has 1 atom stereocenters. The summed E-state index contributed by atoms with van der Waals surface area (Å²) < 4.78 is 11.1. The van der Waals surface area contributed by atoms with E-state index in [9.17, 15) is 5.11 Å². The van der Waals surface area contributed by atoms with Crippen LogP contribution in [-0.4, -0.2) is 18.3 Å². The summed E-state index contributed by atoms with van der Waals surface area (Å²) in [6, 6.07) is 5.64. The number of hydrogen-bond donors (Lipinski definition) is 1. The fraction of sp³-hybridized carbons (Fsp3) is 0.625. The summed E-state index contributed by atoms with van der Waals surface area (Å²) in [7, 11) is 0. The Morgan fingerprint density at radius 2 is 1.47 bits per heavy atom. The molecule has 0 saturated heterocycles. The highest BCUT2D eigenvalue weighted by Crippen LogP contribution is 2.41. The molecule has 108 valence electrons. The molecule has 0 aliphatic carbocycles. The van der Waals surface area contributed by atoms with Crippen LogP contribution in [-0.2, 0) is 5.60 Å². The molecule has 1 aromatic carbocycles. The lowest BCUT2D eigenvalue weighted by Crippen LogP contribution is -2.36. The summed E-state index contributed by atoms with van der Waals surface area (Å²) in [5.41, 5.74) is -0.348. The van der Waals surface area contributed by atoms with Crippen molar-refractivity contribution >= 4 is 0 Å². The van der Waals surface area contributed by atoms with Gasteiger partial charge < -0.3 is 14.6 Å². The van der Waals surface area contributed by atoms with E-state index in [1.54, 1.807) is 0 Å². The number of hydrogen-bond acceptors (Lipinski definition) is 3. The smallest absolute Gasteiger partial charge is 0.161 e. The normalized spacial score (nSPS) is 14.9. The molecule has 1 unspecified atom stereocenters. The minimum atomic E-state index is -0.927. The van der Waals surface area contributed by atoms with E-state index in [2.05, 4.69) is 0 Å². The van der Waals surface area contributed by atoms with E-state index in [1.165, 1.54) is 0 Å². The first-order valence-corrected chi connectivity index (χ1v) is 6.86. The third-order valence-corrected chi connectivity index (χ3v) is 3.57. The summed E-state index contributed by atoms with van der Waals surface area (Å²) in [6.07, 6.45) is 0. The van der Waals surface area contributed by atoms with E-state index in [0.29, 0.717) is 19.0 Å². The standard InChI is InChI=1S/C16H26O3/c1-7-18-13-10-9-12(11-14(13)19-8-2)16(6,17)15(3,4)5/h9-11,17H,7-8H2,1-6H3. The Kier molecular flexibility index (Phi) is 4.86. The second-order valence-corrected chi connectivity index (χ2v) is 5.85. The highest BCUT2D eigenvalue weighted by atomic mass is 16.5. The summed E-state index contributed by atoms with van der Waals surface area (Å²) in [5.74, 6) is 1.41. The van der Waals surface area contributed by atoms with Crippen LogP contribution in [0.5, 0.6) is 11.5 Å². The molecule has 0 aromatic heterocycles. The first-order valence-electron chi connectivity index (χ1n) is 6.86. The van der Waals surface area contributed by atoms with Crippen LogP contribution in [0.2, 0.25) is 0 Å². The molecule has 0 aliphatic heterocycles. The van der Waals surface area contributed by atoms with Crippen LogP contribution < -0.4 is 9.47 Å². The van der Waals surface area contributed by atoms with Gasteiger partial charge in [0, 0.05) is 0 Å². The lowest BCUT2D eigenvalue weighted by molar-refractivity contribution is -0.0472. The summed E-state index contributed by atoms with van der Waals surface area (Å²) in [6.45, 7) is 12.9. The van der Waals surface area contributed by atoms with Gasteiger partial charge in [-0.15, -0.1) is 0 Å². The van der Waals surface area contributed by atoms with Crippen molar-refractivity contribution < 1.29 is 14.6 Å². The van der Waals surface area contributed by atoms with Crippen molar-refractivity contribution in [2.75, 3.05) is 13.2 Å². The predicted octanol–water partition coefficient (Wildman–Crippen LogP) is 3.74. The van der Waals surface area contributed by atoms with Crippen LogP contribution in [0, 0.1) is 5.41 Å². The maximum absolute atomic E-state index is 10.7. The minimum absolute atomic E-state index is 0.260. The van der Waals surface area contributed by atoms with Gasteiger partial charge in [0.15, 0.2) is 11.5 Å². The van der Waals surface area contributed by atoms with Gasteiger partial charge in [-0.25, -0.2) is 0 Å². The average molecular weight is 266 g/mol. The predicted molar refractivity (Wildman–Crippen MR) is 77.8 cm³/mol. The van der Waals surface area contributed by atoms with Crippen molar-refractivity contribution in [3.8, 4) is 11.5 Å². The largest absolute Gasteiger partial charge is 0.490 e. The van der Waals surface area contributed by atoms with E-state index in [0.717, 1.165) is 11.3 Å². The van der Waals surface area contributed by atoms with Gasteiger partial charge >= 0.3 is 0 Å². The molecule has 0 radical (unpaired) electrons. The Labute approximate surface area is 116 Å². The van der Waals surface area contributed by atoms with E-state index < -0.39 is 5.60 Å². The number of aliphatic hydroxyl groups is 1. The van der Waals surface area contributed by atoms with Crippen molar-refractivity contribution in [2.45, 2.75) is 47.1 Å². The van der Waals surface area contributed by atoms with Gasteiger partial charge in [0.05, 0.1) is 18.8 Å². The SMILES string of the molecule is CCOc1ccc(C(C)(O)C(C)(C)C)cc1OCC. The Bertz CT molecular complexity index is 416. The van der Waals surface area contributed by atoms with Gasteiger partial charge in [-0.2, -0.15) is 0 Å². The highest BCUT2D eigenvalue weighted by Gasteiger charge is 2.37.